The molecule has 0 aromatic carbocycles. The first-order valence-electron chi connectivity index (χ1n) is 4.55. The monoisotopic (exact) mass is 181 g/mol. The van der Waals surface area contributed by atoms with E-state index >= 15 is 0 Å². The van der Waals surface area contributed by atoms with Crippen LogP contribution >= 0.6 is 0 Å². The highest BCUT2D eigenvalue weighted by atomic mass is 14.8. The SMILES string of the molecule is CCC(C)C=NC(C(=N)N)=C(C)C. The van der Waals surface area contributed by atoms with Crippen molar-refractivity contribution in [1.82, 2.24) is 0 Å². The lowest BCUT2D eigenvalue weighted by molar-refractivity contribution is 0.754. The number of nitrogens with two attached hydrogens (primary N) is 1. The summed E-state index contributed by atoms with van der Waals surface area (Å²) < 4.78 is 0. The maximum absolute atomic E-state index is 7.29. The van der Waals surface area contributed by atoms with Gasteiger partial charge in [-0.1, -0.05) is 13.8 Å². The Hall–Kier alpha value is -1.12. The molecule has 3 nitrogen and oxygen atoms in total. The van der Waals surface area contributed by atoms with Gasteiger partial charge >= 0.3 is 0 Å². The van der Waals surface area contributed by atoms with Crippen LogP contribution in [0, 0.1) is 11.3 Å². The summed E-state index contributed by atoms with van der Waals surface area (Å²) >= 11 is 0. The lowest BCUT2D eigenvalue weighted by Gasteiger charge is -2.03. The molecule has 3 N–H and O–H groups in total. The van der Waals surface area contributed by atoms with Gasteiger partial charge in [0.25, 0.3) is 0 Å². The number of hydrogen-bond donors (Lipinski definition) is 2. The second kappa shape index (κ2) is 5.51. The summed E-state index contributed by atoms with van der Waals surface area (Å²) in [5.41, 5.74) is 6.95. The Morgan fingerprint density at radius 3 is 2.38 bits per heavy atom. The molecule has 1 atom stereocenters. The van der Waals surface area contributed by atoms with Gasteiger partial charge in [-0.3, -0.25) is 10.4 Å². The molecule has 13 heavy (non-hydrogen) atoms. The van der Waals surface area contributed by atoms with Gasteiger partial charge in [0.2, 0.25) is 0 Å². The molecule has 1 unspecified atom stereocenters. The average Bonchev–Trinajstić information content (AvgIpc) is 2.03. The van der Waals surface area contributed by atoms with E-state index in [0.29, 0.717) is 11.6 Å². The van der Waals surface area contributed by atoms with E-state index in [1.165, 1.54) is 0 Å². The Morgan fingerprint density at radius 1 is 1.54 bits per heavy atom. The molecular formula is C10H19N3. The van der Waals surface area contributed by atoms with Crippen molar-refractivity contribution in [3.8, 4) is 0 Å². The van der Waals surface area contributed by atoms with Crippen LogP contribution in [0.5, 0.6) is 0 Å². The van der Waals surface area contributed by atoms with Crippen molar-refractivity contribution in [3.63, 3.8) is 0 Å². The minimum absolute atomic E-state index is 0.0413. The summed E-state index contributed by atoms with van der Waals surface area (Å²) in [5, 5.41) is 7.29. The number of nitrogens with zero attached hydrogens (tertiary/aromatic N) is 1. The molecule has 0 aromatic rings. The van der Waals surface area contributed by atoms with E-state index in [1.807, 2.05) is 20.1 Å². The van der Waals surface area contributed by atoms with Crippen LogP contribution in [0.4, 0.5) is 0 Å². The summed E-state index contributed by atoms with van der Waals surface area (Å²) in [6, 6.07) is 0. The van der Waals surface area contributed by atoms with Gasteiger partial charge in [-0.05, 0) is 31.8 Å². The molecule has 0 saturated carbocycles. The van der Waals surface area contributed by atoms with E-state index in [9.17, 15) is 0 Å². The standard InChI is InChI=1S/C10H19N3/c1-5-8(4)6-13-9(7(2)3)10(11)12/h6,8H,5H2,1-4H3,(H3,11,12). The minimum atomic E-state index is 0.0413. The van der Waals surface area contributed by atoms with Crippen molar-refractivity contribution >= 4 is 12.1 Å². The molecule has 0 saturated heterocycles. The first-order chi connectivity index (χ1) is 5.99. The lowest BCUT2D eigenvalue weighted by atomic mass is 10.1. The van der Waals surface area contributed by atoms with Crippen LogP contribution in [0.15, 0.2) is 16.3 Å². The van der Waals surface area contributed by atoms with Crippen molar-refractivity contribution in [2.75, 3.05) is 0 Å². The van der Waals surface area contributed by atoms with Crippen LogP contribution in [0.1, 0.15) is 34.1 Å². The summed E-state index contributed by atoms with van der Waals surface area (Å²) in [4.78, 5) is 4.20. The molecule has 0 aromatic heterocycles. The topological polar surface area (TPSA) is 62.2 Å². The first-order valence-corrected chi connectivity index (χ1v) is 4.55. The van der Waals surface area contributed by atoms with Crippen LogP contribution in [-0.2, 0) is 0 Å². The Morgan fingerprint density at radius 2 is 2.08 bits per heavy atom. The molecule has 0 fully saturated rings. The smallest absolute Gasteiger partial charge is 0.141 e. The Bertz CT molecular complexity index is 235. The van der Waals surface area contributed by atoms with E-state index in [1.54, 1.807) is 0 Å². The lowest BCUT2D eigenvalue weighted by Crippen LogP contribution is -2.13. The number of allylic oxidation sites excluding steroid dienone is 1. The zero-order valence-electron chi connectivity index (χ0n) is 8.89. The van der Waals surface area contributed by atoms with Crippen LogP contribution in [0.3, 0.4) is 0 Å². The van der Waals surface area contributed by atoms with E-state index in [2.05, 4.69) is 18.8 Å². The fraction of sp³-hybridized carbons (Fsp3) is 0.600. The maximum atomic E-state index is 7.29. The predicted molar refractivity (Wildman–Crippen MR) is 58.2 cm³/mol. The highest BCUT2D eigenvalue weighted by molar-refractivity contribution is 5.96. The van der Waals surface area contributed by atoms with Gasteiger partial charge in [0.05, 0.1) is 0 Å². The molecule has 0 heterocycles. The van der Waals surface area contributed by atoms with Gasteiger partial charge in [0, 0.05) is 6.21 Å². The van der Waals surface area contributed by atoms with Gasteiger partial charge < -0.3 is 5.73 Å². The molecule has 0 aliphatic rings. The summed E-state index contributed by atoms with van der Waals surface area (Å²) in [7, 11) is 0. The first kappa shape index (κ1) is 11.9. The third-order valence-electron chi connectivity index (χ3n) is 1.83. The number of aliphatic imine (C=N–C) groups is 1. The van der Waals surface area contributed by atoms with E-state index in [-0.39, 0.29) is 5.84 Å². The van der Waals surface area contributed by atoms with E-state index in [4.69, 9.17) is 11.1 Å². The molecular weight excluding hydrogens is 162 g/mol. The van der Waals surface area contributed by atoms with Gasteiger partial charge in [-0.2, -0.15) is 0 Å². The number of amidine groups is 1. The molecule has 0 amide bonds. The van der Waals surface area contributed by atoms with E-state index < -0.39 is 0 Å². The fourth-order valence-corrected chi connectivity index (χ4v) is 0.775. The van der Waals surface area contributed by atoms with Crippen molar-refractivity contribution in [2.24, 2.45) is 16.6 Å². The van der Waals surface area contributed by atoms with E-state index in [0.717, 1.165) is 12.0 Å². The van der Waals surface area contributed by atoms with Gasteiger partial charge in [0.1, 0.15) is 11.5 Å². The number of hydrogen-bond acceptors (Lipinski definition) is 2. The molecule has 74 valence electrons. The summed E-state index contributed by atoms with van der Waals surface area (Å²) in [5.74, 6) is 0.480. The molecule has 0 rings (SSSR count). The van der Waals surface area contributed by atoms with Crippen LogP contribution in [-0.4, -0.2) is 12.1 Å². The predicted octanol–water partition coefficient (Wildman–Crippen LogP) is 2.33. The van der Waals surface area contributed by atoms with Gasteiger partial charge in [-0.25, -0.2) is 0 Å². The molecule has 0 radical (unpaired) electrons. The third-order valence-corrected chi connectivity index (χ3v) is 1.83. The Balaban J connectivity index is 4.56. The van der Waals surface area contributed by atoms with Crippen molar-refractivity contribution in [2.45, 2.75) is 34.1 Å². The third kappa shape index (κ3) is 4.45. The Kier molecular flexibility index (Phi) is 5.04. The molecule has 3 heteroatoms. The highest BCUT2D eigenvalue weighted by Gasteiger charge is 2.00. The normalized spacial score (nSPS) is 12.9. The molecule has 0 aliphatic carbocycles. The van der Waals surface area contributed by atoms with Crippen molar-refractivity contribution in [3.05, 3.63) is 11.3 Å². The van der Waals surface area contributed by atoms with Gasteiger partial charge in [0.15, 0.2) is 0 Å². The minimum Gasteiger partial charge on any atom is -0.382 e. The molecule has 0 spiro atoms. The summed E-state index contributed by atoms with van der Waals surface area (Å²) in [6.45, 7) is 8.01. The quantitative estimate of drug-likeness (QED) is 0.507. The van der Waals surface area contributed by atoms with Crippen LogP contribution in [0.2, 0.25) is 0 Å². The second-order valence-electron chi connectivity index (χ2n) is 3.43. The second-order valence-corrected chi connectivity index (χ2v) is 3.43. The zero-order valence-corrected chi connectivity index (χ0v) is 8.89. The number of rotatable bonds is 4. The van der Waals surface area contributed by atoms with Crippen molar-refractivity contribution < 1.29 is 0 Å². The fourth-order valence-electron chi connectivity index (χ4n) is 0.775. The average molecular weight is 181 g/mol. The van der Waals surface area contributed by atoms with Gasteiger partial charge in [-0.15, -0.1) is 0 Å². The summed E-state index contributed by atoms with van der Waals surface area (Å²) in [6.07, 6.45) is 2.90. The van der Waals surface area contributed by atoms with Crippen molar-refractivity contribution in [1.29, 1.82) is 5.41 Å². The zero-order chi connectivity index (χ0) is 10.4. The Labute approximate surface area is 80.3 Å². The largest absolute Gasteiger partial charge is 0.382 e. The maximum Gasteiger partial charge on any atom is 0.141 e. The number of nitrogens with one attached hydrogen (secondary N) is 1. The highest BCUT2D eigenvalue weighted by Crippen LogP contribution is 2.05. The molecule has 0 bridgehead atoms. The van der Waals surface area contributed by atoms with Crippen LogP contribution in [0.25, 0.3) is 0 Å². The molecule has 0 aliphatic heterocycles. The van der Waals surface area contributed by atoms with Crippen LogP contribution < -0.4 is 5.73 Å².